The summed E-state index contributed by atoms with van der Waals surface area (Å²) < 4.78 is 23.3. The molecule has 126 valence electrons. The van der Waals surface area contributed by atoms with Crippen molar-refractivity contribution >= 4 is 21.7 Å². The summed E-state index contributed by atoms with van der Waals surface area (Å²) in [6.07, 6.45) is 2.65. The van der Waals surface area contributed by atoms with Crippen LogP contribution in [-0.2, 0) is 14.6 Å². The van der Waals surface area contributed by atoms with Crippen molar-refractivity contribution in [3.63, 3.8) is 0 Å². The van der Waals surface area contributed by atoms with Crippen molar-refractivity contribution in [3.05, 3.63) is 29.8 Å². The molecule has 1 aromatic rings. The summed E-state index contributed by atoms with van der Waals surface area (Å²) in [5.74, 6) is -0.403. The van der Waals surface area contributed by atoms with E-state index in [9.17, 15) is 18.0 Å². The molecule has 1 aliphatic rings. The number of sulfone groups is 1. The topological polar surface area (TPSA) is 74.8 Å². The first-order chi connectivity index (χ1) is 10.7. The van der Waals surface area contributed by atoms with Crippen LogP contribution in [0.3, 0.4) is 0 Å². The zero-order chi connectivity index (χ0) is 17.2. The molecule has 0 unspecified atom stereocenters. The lowest BCUT2D eigenvalue weighted by atomic mass is 9.96. The number of carbonyl (C=O) groups is 2. The molecule has 1 fully saturated rings. The highest BCUT2D eigenvalue weighted by Crippen LogP contribution is 2.21. The van der Waals surface area contributed by atoms with E-state index in [4.69, 9.17) is 0 Å². The SMILES string of the molecule is CN(C)C(=O)[C@@H]1CCCN(C(=O)c2cccc(S(C)(=O)=O)c2)C1. The Morgan fingerprint density at radius 2 is 1.96 bits per heavy atom. The molecule has 23 heavy (non-hydrogen) atoms. The average Bonchev–Trinajstić information content (AvgIpc) is 2.52. The molecule has 7 heteroatoms. The third-order valence-corrected chi connectivity index (χ3v) is 5.12. The second-order valence-corrected chi connectivity index (χ2v) is 8.14. The predicted molar refractivity (Wildman–Crippen MR) is 86.9 cm³/mol. The van der Waals surface area contributed by atoms with Gasteiger partial charge in [-0.3, -0.25) is 9.59 Å². The second kappa shape index (κ2) is 6.70. The molecule has 0 N–H and O–H groups in total. The molecule has 1 saturated heterocycles. The lowest BCUT2D eigenvalue weighted by Crippen LogP contribution is -2.45. The van der Waals surface area contributed by atoms with Gasteiger partial charge < -0.3 is 9.80 Å². The van der Waals surface area contributed by atoms with E-state index in [1.54, 1.807) is 36.0 Å². The number of benzene rings is 1. The van der Waals surface area contributed by atoms with Gasteiger partial charge in [0.25, 0.3) is 5.91 Å². The standard InChI is InChI=1S/C16H22N2O4S/c1-17(2)15(19)13-7-5-9-18(11-13)16(20)12-6-4-8-14(10-12)23(3,21)22/h4,6,8,10,13H,5,7,9,11H2,1-3H3/t13-/m1/s1. The number of piperidine rings is 1. The molecule has 1 aromatic carbocycles. The van der Waals surface area contributed by atoms with E-state index >= 15 is 0 Å². The molecule has 1 atom stereocenters. The maximum absolute atomic E-state index is 12.6. The monoisotopic (exact) mass is 338 g/mol. The van der Waals surface area contributed by atoms with Gasteiger partial charge in [0.05, 0.1) is 10.8 Å². The van der Waals surface area contributed by atoms with Crippen molar-refractivity contribution in [2.24, 2.45) is 5.92 Å². The first-order valence-electron chi connectivity index (χ1n) is 7.50. The summed E-state index contributed by atoms with van der Waals surface area (Å²) in [7, 11) is 0.0575. The minimum absolute atomic E-state index is 0.0207. The fourth-order valence-electron chi connectivity index (χ4n) is 2.77. The fourth-order valence-corrected chi connectivity index (χ4v) is 3.44. The molecule has 1 heterocycles. The Bertz CT molecular complexity index is 713. The summed E-state index contributed by atoms with van der Waals surface area (Å²) in [6, 6.07) is 6.04. The Balaban J connectivity index is 2.19. The number of likely N-dealkylation sites (tertiary alicyclic amines) is 1. The van der Waals surface area contributed by atoms with Crippen molar-refractivity contribution in [1.82, 2.24) is 9.80 Å². The molecule has 6 nitrogen and oxygen atoms in total. The van der Waals surface area contributed by atoms with Gasteiger partial charge in [0.2, 0.25) is 5.91 Å². The van der Waals surface area contributed by atoms with Crippen LogP contribution in [0.15, 0.2) is 29.2 Å². The fraction of sp³-hybridized carbons (Fsp3) is 0.500. The van der Waals surface area contributed by atoms with Crippen LogP contribution in [-0.4, -0.2) is 63.5 Å². The summed E-state index contributed by atoms with van der Waals surface area (Å²) in [5, 5.41) is 0. The summed E-state index contributed by atoms with van der Waals surface area (Å²) in [6.45, 7) is 0.956. The van der Waals surface area contributed by atoms with Gasteiger partial charge in [-0.25, -0.2) is 8.42 Å². The van der Waals surface area contributed by atoms with Crippen molar-refractivity contribution < 1.29 is 18.0 Å². The van der Waals surface area contributed by atoms with Crippen LogP contribution in [0, 0.1) is 5.92 Å². The maximum atomic E-state index is 12.6. The Kier molecular flexibility index (Phi) is 5.09. The van der Waals surface area contributed by atoms with Gasteiger partial charge in [-0.15, -0.1) is 0 Å². The van der Waals surface area contributed by atoms with E-state index in [1.165, 1.54) is 12.1 Å². The zero-order valence-electron chi connectivity index (χ0n) is 13.7. The average molecular weight is 338 g/mol. The van der Waals surface area contributed by atoms with Crippen molar-refractivity contribution in [2.45, 2.75) is 17.7 Å². The third kappa shape index (κ3) is 4.10. The van der Waals surface area contributed by atoms with E-state index < -0.39 is 9.84 Å². The number of hydrogen-bond donors (Lipinski definition) is 0. The van der Waals surface area contributed by atoms with Gasteiger partial charge in [0, 0.05) is 39.0 Å². The van der Waals surface area contributed by atoms with Gasteiger partial charge >= 0.3 is 0 Å². The molecule has 2 amide bonds. The van der Waals surface area contributed by atoms with Gasteiger partial charge in [-0.05, 0) is 31.0 Å². The van der Waals surface area contributed by atoms with Crippen LogP contribution in [0.25, 0.3) is 0 Å². The van der Waals surface area contributed by atoms with E-state index in [1.807, 2.05) is 0 Å². The van der Waals surface area contributed by atoms with E-state index in [-0.39, 0.29) is 22.6 Å². The van der Waals surface area contributed by atoms with Gasteiger partial charge in [0.1, 0.15) is 0 Å². The van der Waals surface area contributed by atoms with Crippen molar-refractivity contribution in [1.29, 1.82) is 0 Å². The van der Waals surface area contributed by atoms with Crippen molar-refractivity contribution in [2.75, 3.05) is 33.4 Å². The molecular formula is C16H22N2O4S. The number of nitrogens with zero attached hydrogens (tertiary/aromatic N) is 2. The molecule has 0 saturated carbocycles. The first kappa shape index (κ1) is 17.5. The van der Waals surface area contributed by atoms with E-state index in [0.29, 0.717) is 18.7 Å². The van der Waals surface area contributed by atoms with Crippen LogP contribution in [0.1, 0.15) is 23.2 Å². The highest BCUT2D eigenvalue weighted by Gasteiger charge is 2.29. The van der Waals surface area contributed by atoms with Crippen LogP contribution >= 0.6 is 0 Å². The number of carbonyl (C=O) groups excluding carboxylic acids is 2. The highest BCUT2D eigenvalue weighted by atomic mass is 32.2. The lowest BCUT2D eigenvalue weighted by molar-refractivity contribution is -0.134. The molecule has 1 aliphatic heterocycles. The van der Waals surface area contributed by atoms with Crippen LogP contribution in [0.5, 0.6) is 0 Å². The number of hydrogen-bond acceptors (Lipinski definition) is 4. The Morgan fingerprint density at radius 1 is 1.26 bits per heavy atom. The quantitative estimate of drug-likeness (QED) is 0.825. The van der Waals surface area contributed by atoms with Crippen LogP contribution in [0.2, 0.25) is 0 Å². The maximum Gasteiger partial charge on any atom is 0.253 e. The number of rotatable bonds is 3. The molecule has 0 radical (unpaired) electrons. The molecule has 0 aliphatic carbocycles. The Labute approximate surface area is 137 Å². The van der Waals surface area contributed by atoms with E-state index in [0.717, 1.165) is 19.1 Å². The summed E-state index contributed by atoms with van der Waals surface area (Å²) >= 11 is 0. The molecule has 0 bridgehead atoms. The minimum Gasteiger partial charge on any atom is -0.349 e. The lowest BCUT2D eigenvalue weighted by Gasteiger charge is -2.33. The predicted octanol–water partition coefficient (Wildman–Crippen LogP) is 1.03. The molecule has 0 aromatic heterocycles. The third-order valence-electron chi connectivity index (χ3n) is 4.01. The highest BCUT2D eigenvalue weighted by molar-refractivity contribution is 7.90. The van der Waals surface area contributed by atoms with Gasteiger partial charge in [-0.2, -0.15) is 0 Å². The normalized spacial score (nSPS) is 18.6. The van der Waals surface area contributed by atoms with Crippen molar-refractivity contribution in [3.8, 4) is 0 Å². The molecular weight excluding hydrogens is 316 g/mol. The smallest absolute Gasteiger partial charge is 0.253 e. The van der Waals surface area contributed by atoms with Gasteiger partial charge in [-0.1, -0.05) is 6.07 Å². The first-order valence-corrected chi connectivity index (χ1v) is 9.40. The van der Waals surface area contributed by atoms with Crippen LogP contribution in [0.4, 0.5) is 0 Å². The molecule has 2 rings (SSSR count). The largest absolute Gasteiger partial charge is 0.349 e. The van der Waals surface area contributed by atoms with Gasteiger partial charge in [0.15, 0.2) is 9.84 Å². The zero-order valence-corrected chi connectivity index (χ0v) is 14.5. The Morgan fingerprint density at radius 3 is 2.57 bits per heavy atom. The van der Waals surface area contributed by atoms with Crippen LogP contribution < -0.4 is 0 Å². The van der Waals surface area contributed by atoms with E-state index in [2.05, 4.69) is 0 Å². The summed E-state index contributed by atoms with van der Waals surface area (Å²) in [5.41, 5.74) is 0.339. The minimum atomic E-state index is -3.36. The molecule has 0 spiro atoms. The second-order valence-electron chi connectivity index (χ2n) is 6.12. The Hall–Kier alpha value is -1.89. The number of amides is 2. The summed E-state index contributed by atoms with van der Waals surface area (Å²) in [4.78, 5) is 28.0.